The number of anilines is 1. The molecule has 2 aromatic rings. The third kappa shape index (κ3) is 4.76. The van der Waals surface area contributed by atoms with Gasteiger partial charge in [0.25, 0.3) is 5.91 Å². The molecule has 0 heterocycles. The molecule has 0 saturated heterocycles. The van der Waals surface area contributed by atoms with Crippen LogP contribution in [-0.2, 0) is 10.0 Å². The fraction of sp³-hybridized carbons (Fsp3) is 0.118. The second-order valence-corrected chi connectivity index (χ2v) is 7.64. The Hall–Kier alpha value is -2.06. The Kier molecular flexibility index (Phi) is 6.66. The van der Waals surface area contributed by atoms with Gasteiger partial charge in [0.15, 0.2) is 0 Å². The van der Waals surface area contributed by atoms with Crippen LogP contribution < -0.4 is 14.8 Å². The van der Waals surface area contributed by atoms with Crippen LogP contribution in [-0.4, -0.2) is 28.0 Å². The van der Waals surface area contributed by atoms with E-state index in [0.29, 0.717) is 16.5 Å². The number of ether oxygens (including phenoxy) is 1. The Labute approximate surface area is 161 Å². The lowest BCUT2D eigenvalue weighted by atomic mass is 10.2. The fourth-order valence-corrected chi connectivity index (χ4v) is 3.82. The van der Waals surface area contributed by atoms with Crippen molar-refractivity contribution in [3.63, 3.8) is 0 Å². The molecule has 2 N–H and O–H groups in total. The van der Waals surface area contributed by atoms with Crippen LogP contribution in [0.2, 0.25) is 10.0 Å². The Morgan fingerprint density at radius 1 is 1.19 bits per heavy atom. The van der Waals surface area contributed by atoms with Crippen LogP contribution in [0.3, 0.4) is 0 Å². The van der Waals surface area contributed by atoms with Crippen LogP contribution in [0.25, 0.3) is 0 Å². The Morgan fingerprint density at radius 3 is 2.54 bits per heavy atom. The predicted octanol–water partition coefficient (Wildman–Crippen LogP) is 3.72. The molecule has 0 aliphatic heterocycles. The van der Waals surface area contributed by atoms with Crippen LogP contribution in [0.1, 0.15) is 10.4 Å². The zero-order valence-corrected chi connectivity index (χ0v) is 16.1. The van der Waals surface area contributed by atoms with Crippen LogP contribution in [0.15, 0.2) is 53.9 Å². The molecule has 138 valence electrons. The molecule has 0 aliphatic rings. The molecule has 0 unspecified atom stereocenters. The minimum atomic E-state index is -3.87. The zero-order valence-electron chi connectivity index (χ0n) is 13.8. The van der Waals surface area contributed by atoms with Crippen LogP contribution in [0.5, 0.6) is 5.75 Å². The summed E-state index contributed by atoms with van der Waals surface area (Å²) < 4.78 is 31.9. The molecule has 0 spiro atoms. The summed E-state index contributed by atoms with van der Waals surface area (Å²) in [4.78, 5) is 12.2. The standard InChI is InChI=1S/C17H16Cl2N2O4S/c1-3-8-20-26(23,24)16-9-11(4-6-13(16)18)17(22)21-12-5-7-15(25-2)14(19)10-12/h3-7,9-10,20H,1,8H2,2H3,(H,21,22). The number of nitrogens with one attached hydrogen (secondary N) is 2. The van der Waals surface area contributed by atoms with Gasteiger partial charge in [-0.25, -0.2) is 13.1 Å². The third-order valence-electron chi connectivity index (χ3n) is 3.31. The number of hydrogen-bond donors (Lipinski definition) is 2. The first-order valence-corrected chi connectivity index (χ1v) is 9.57. The van der Waals surface area contributed by atoms with E-state index in [2.05, 4.69) is 16.6 Å². The van der Waals surface area contributed by atoms with Gasteiger partial charge in [-0.2, -0.15) is 0 Å². The SMILES string of the molecule is C=CCNS(=O)(=O)c1cc(C(=O)Nc2ccc(OC)c(Cl)c2)ccc1Cl. The number of rotatable bonds is 7. The quantitative estimate of drug-likeness (QED) is 0.676. The van der Waals surface area contributed by atoms with Crippen molar-refractivity contribution in [1.29, 1.82) is 0 Å². The summed E-state index contributed by atoms with van der Waals surface area (Å²) in [6.07, 6.45) is 1.40. The molecule has 0 bridgehead atoms. The topological polar surface area (TPSA) is 84.5 Å². The molecule has 0 saturated carbocycles. The Bertz CT molecular complexity index is 946. The highest BCUT2D eigenvalue weighted by Gasteiger charge is 2.19. The van der Waals surface area contributed by atoms with Gasteiger partial charge in [0.2, 0.25) is 10.0 Å². The smallest absolute Gasteiger partial charge is 0.255 e. The van der Waals surface area contributed by atoms with Gasteiger partial charge in [-0.15, -0.1) is 6.58 Å². The molecule has 1 amide bonds. The van der Waals surface area contributed by atoms with Gasteiger partial charge >= 0.3 is 0 Å². The van der Waals surface area contributed by atoms with Gasteiger partial charge in [0.05, 0.1) is 17.2 Å². The maximum Gasteiger partial charge on any atom is 0.255 e. The van der Waals surface area contributed by atoms with Crippen molar-refractivity contribution >= 4 is 44.8 Å². The summed E-state index contributed by atoms with van der Waals surface area (Å²) in [6, 6.07) is 8.72. The van der Waals surface area contributed by atoms with Gasteiger partial charge in [-0.1, -0.05) is 29.3 Å². The molecule has 0 atom stereocenters. The lowest BCUT2D eigenvalue weighted by molar-refractivity contribution is 0.102. The predicted molar refractivity (Wildman–Crippen MR) is 103 cm³/mol. The van der Waals surface area contributed by atoms with Crippen LogP contribution >= 0.6 is 23.2 Å². The summed E-state index contributed by atoms with van der Waals surface area (Å²) in [5.74, 6) is -0.0408. The normalized spacial score (nSPS) is 11.0. The molecule has 9 heteroatoms. The molecule has 0 aliphatic carbocycles. The van der Waals surface area contributed by atoms with Crippen molar-refractivity contribution in [2.45, 2.75) is 4.90 Å². The van der Waals surface area contributed by atoms with E-state index in [1.54, 1.807) is 12.1 Å². The summed E-state index contributed by atoms with van der Waals surface area (Å²) in [5, 5.41) is 2.98. The fourth-order valence-electron chi connectivity index (χ4n) is 2.04. The summed E-state index contributed by atoms with van der Waals surface area (Å²) >= 11 is 12.0. The number of methoxy groups -OCH3 is 1. The molecule has 2 aromatic carbocycles. The first-order valence-electron chi connectivity index (χ1n) is 7.33. The largest absolute Gasteiger partial charge is 0.495 e. The molecule has 0 fully saturated rings. The monoisotopic (exact) mass is 414 g/mol. The molecule has 26 heavy (non-hydrogen) atoms. The van der Waals surface area contributed by atoms with Crippen molar-refractivity contribution in [2.75, 3.05) is 19.0 Å². The molecular weight excluding hydrogens is 399 g/mol. The third-order valence-corrected chi connectivity index (χ3v) is 5.51. The number of carbonyl (C=O) groups is 1. The highest BCUT2D eigenvalue weighted by Crippen LogP contribution is 2.28. The number of benzene rings is 2. The van der Waals surface area contributed by atoms with Crippen molar-refractivity contribution in [1.82, 2.24) is 4.72 Å². The minimum Gasteiger partial charge on any atom is -0.495 e. The van der Waals surface area contributed by atoms with Gasteiger partial charge in [-0.05, 0) is 36.4 Å². The van der Waals surface area contributed by atoms with Gasteiger partial charge in [0, 0.05) is 17.8 Å². The lowest BCUT2D eigenvalue weighted by Crippen LogP contribution is -2.24. The number of amides is 1. The van der Waals surface area contributed by atoms with Gasteiger partial charge < -0.3 is 10.1 Å². The van der Waals surface area contributed by atoms with Crippen molar-refractivity contribution in [3.05, 3.63) is 64.7 Å². The molecule has 0 aromatic heterocycles. The van der Waals surface area contributed by atoms with Crippen LogP contribution in [0, 0.1) is 0 Å². The summed E-state index contributed by atoms with van der Waals surface area (Å²) in [5.41, 5.74) is 0.560. The van der Waals surface area contributed by atoms with E-state index in [0.717, 1.165) is 0 Å². The molecule has 6 nitrogen and oxygen atoms in total. The average molecular weight is 415 g/mol. The number of carbonyl (C=O) groups excluding carboxylic acids is 1. The maximum atomic E-state index is 12.4. The van der Waals surface area contributed by atoms with Crippen LogP contribution in [0.4, 0.5) is 5.69 Å². The first kappa shape index (κ1) is 20.3. The second-order valence-electron chi connectivity index (χ2n) is 5.09. The van der Waals surface area contributed by atoms with Crippen molar-refractivity contribution < 1.29 is 17.9 Å². The molecular formula is C17H16Cl2N2O4S. The van der Waals surface area contributed by atoms with E-state index in [1.807, 2.05) is 0 Å². The van der Waals surface area contributed by atoms with E-state index < -0.39 is 15.9 Å². The number of hydrogen-bond acceptors (Lipinski definition) is 4. The van der Waals surface area contributed by atoms with Gasteiger partial charge in [-0.3, -0.25) is 4.79 Å². The number of sulfonamides is 1. The highest BCUT2D eigenvalue weighted by molar-refractivity contribution is 7.89. The van der Waals surface area contributed by atoms with E-state index in [-0.39, 0.29) is 22.0 Å². The summed E-state index contributed by atoms with van der Waals surface area (Å²) in [7, 11) is -2.39. The minimum absolute atomic E-state index is 0.00519. The van der Waals surface area contributed by atoms with E-state index in [9.17, 15) is 13.2 Å². The van der Waals surface area contributed by atoms with Crippen molar-refractivity contribution in [3.8, 4) is 5.75 Å². The number of halogens is 2. The molecule has 2 rings (SSSR count). The van der Waals surface area contributed by atoms with Gasteiger partial charge in [0.1, 0.15) is 10.6 Å². The maximum absolute atomic E-state index is 12.4. The van der Waals surface area contributed by atoms with E-state index in [4.69, 9.17) is 27.9 Å². The summed E-state index contributed by atoms with van der Waals surface area (Å²) in [6.45, 7) is 3.49. The second kappa shape index (κ2) is 8.55. The van der Waals surface area contributed by atoms with E-state index in [1.165, 1.54) is 37.5 Å². The van der Waals surface area contributed by atoms with E-state index >= 15 is 0 Å². The Morgan fingerprint density at radius 2 is 1.92 bits per heavy atom. The van der Waals surface area contributed by atoms with Crippen molar-refractivity contribution in [2.24, 2.45) is 0 Å². The lowest BCUT2D eigenvalue weighted by Gasteiger charge is -2.11. The highest BCUT2D eigenvalue weighted by atomic mass is 35.5. The Balaban J connectivity index is 2.28. The molecule has 0 radical (unpaired) electrons. The first-order chi connectivity index (χ1) is 12.3. The zero-order chi connectivity index (χ0) is 19.3. The average Bonchev–Trinajstić information content (AvgIpc) is 2.60.